The molecule has 7 heteroatoms. The minimum absolute atomic E-state index is 0.0339. The maximum Gasteiger partial charge on any atom is 0.266 e. The molecule has 0 spiro atoms. The van der Waals surface area contributed by atoms with Crippen LogP contribution in [0.25, 0.3) is 6.08 Å². The van der Waals surface area contributed by atoms with Gasteiger partial charge in [-0.05, 0) is 43.7 Å². The molecule has 0 aliphatic heterocycles. The molecule has 0 saturated heterocycles. The van der Waals surface area contributed by atoms with Crippen LogP contribution in [-0.4, -0.2) is 15.7 Å². The number of amides is 1. The van der Waals surface area contributed by atoms with Crippen LogP contribution in [0, 0.1) is 25.2 Å². The van der Waals surface area contributed by atoms with Gasteiger partial charge >= 0.3 is 0 Å². The van der Waals surface area contributed by atoms with Crippen molar-refractivity contribution < 1.29 is 4.79 Å². The van der Waals surface area contributed by atoms with Crippen molar-refractivity contribution >= 4 is 40.9 Å². The molecule has 2 aromatic carbocycles. The second-order valence-corrected chi connectivity index (χ2v) is 7.25. The second-order valence-electron chi connectivity index (χ2n) is 6.44. The third-order valence-corrected chi connectivity index (χ3v) is 5.19. The highest BCUT2D eigenvalue weighted by Gasteiger charge is 2.16. The standard InChI is InChI=1S/C22H18Cl2N4O/c1-14-18(15(2)28(27-14)13-16-7-3-4-8-19(16)23)11-17(12-25)22(29)26-21-10-6-5-9-20(21)24/h3-11H,13H2,1-2H3,(H,26,29)/b17-11+. The molecule has 1 amide bonds. The first-order valence-electron chi connectivity index (χ1n) is 8.85. The number of rotatable bonds is 5. The quantitative estimate of drug-likeness (QED) is 0.440. The van der Waals surface area contributed by atoms with Gasteiger partial charge in [-0.1, -0.05) is 53.5 Å². The Labute approximate surface area is 179 Å². The molecule has 0 unspecified atom stereocenters. The van der Waals surface area contributed by atoms with Gasteiger partial charge in [-0.25, -0.2) is 0 Å². The Kier molecular flexibility index (Phi) is 6.38. The average Bonchev–Trinajstić information content (AvgIpc) is 2.96. The largest absolute Gasteiger partial charge is 0.320 e. The van der Waals surface area contributed by atoms with Crippen molar-refractivity contribution in [2.75, 3.05) is 5.32 Å². The second kappa shape index (κ2) is 8.95. The van der Waals surface area contributed by atoms with Crippen LogP contribution in [-0.2, 0) is 11.3 Å². The Morgan fingerprint density at radius 1 is 1.14 bits per heavy atom. The summed E-state index contributed by atoms with van der Waals surface area (Å²) in [5.74, 6) is -0.529. The molecular formula is C22H18Cl2N4O. The van der Waals surface area contributed by atoms with Crippen molar-refractivity contribution in [2.45, 2.75) is 20.4 Å². The van der Waals surface area contributed by atoms with Gasteiger partial charge in [0.15, 0.2) is 0 Å². The van der Waals surface area contributed by atoms with Crippen molar-refractivity contribution in [3.05, 3.63) is 86.7 Å². The third kappa shape index (κ3) is 4.68. The number of anilines is 1. The Hall–Kier alpha value is -3.07. The minimum Gasteiger partial charge on any atom is -0.320 e. The van der Waals surface area contributed by atoms with E-state index in [1.165, 1.54) is 0 Å². The number of nitriles is 1. The van der Waals surface area contributed by atoms with Crippen LogP contribution in [0.15, 0.2) is 54.1 Å². The number of hydrogen-bond acceptors (Lipinski definition) is 3. The summed E-state index contributed by atoms with van der Waals surface area (Å²) < 4.78 is 1.81. The Balaban J connectivity index is 1.89. The van der Waals surface area contributed by atoms with E-state index in [1.54, 1.807) is 30.3 Å². The molecule has 3 rings (SSSR count). The highest BCUT2D eigenvalue weighted by atomic mass is 35.5. The van der Waals surface area contributed by atoms with Gasteiger partial charge in [-0.15, -0.1) is 0 Å². The van der Waals surface area contributed by atoms with Crippen LogP contribution in [0.3, 0.4) is 0 Å². The van der Waals surface area contributed by atoms with Crippen molar-refractivity contribution in [2.24, 2.45) is 0 Å². The summed E-state index contributed by atoms with van der Waals surface area (Å²) in [5.41, 5.74) is 3.63. The normalized spacial score (nSPS) is 11.2. The molecule has 0 aliphatic carbocycles. The summed E-state index contributed by atoms with van der Waals surface area (Å²) in [5, 5.41) is 17.8. The van der Waals surface area contributed by atoms with Gasteiger partial charge in [0.2, 0.25) is 0 Å². The van der Waals surface area contributed by atoms with Crippen LogP contribution < -0.4 is 5.32 Å². The van der Waals surface area contributed by atoms with E-state index in [9.17, 15) is 10.1 Å². The van der Waals surface area contributed by atoms with E-state index in [-0.39, 0.29) is 5.57 Å². The smallest absolute Gasteiger partial charge is 0.266 e. The maximum absolute atomic E-state index is 12.6. The van der Waals surface area contributed by atoms with E-state index in [2.05, 4.69) is 10.4 Å². The number of aryl methyl sites for hydroxylation is 1. The van der Waals surface area contributed by atoms with Crippen molar-refractivity contribution in [1.29, 1.82) is 5.26 Å². The predicted octanol–water partition coefficient (Wildman–Crippen LogP) is 5.40. The molecule has 3 aromatic rings. The van der Waals surface area contributed by atoms with Crippen LogP contribution in [0.1, 0.15) is 22.5 Å². The van der Waals surface area contributed by atoms with Gasteiger partial charge in [-0.3, -0.25) is 9.48 Å². The summed E-state index contributed by atoms with van der Waals surface area (Å²) in [6, 6.07) is 16.4. The van der Waals surface area contributed by atoms with Gasteiger partial charge in [0.05, 0.1) is 22.9 Å². The zero-order valence-electron chi connectivity index (χ0n) is 15.9. The van der Waals surface area contributed by atoms with Gasteiger partial charge in [0.25, 0.3) is 5.91 Å². The number of nitrogens with one attached hydrogen (secondary N) is 1. The van der Waals surface area contributed by atoms with E-state index >= 15 is 0 Å². The monoisotopic (exact) mass is 424 g/mol. The molecule has 0 fully saturated rings. The third-order valence-electron chi connectivity index (χ3n) is 4.49. The number of hydrogen-bond donors (Lipinski definition) is 1. The van der Waals surface area contributed by atoms with Crippen LogP contribution in [0.5, 0.6) is 0 Å². The number of carbonyl (C=O) groups excluding carboxylic acids is 1. The van der Waals surface area contributed by atoms with Crippen LogP contribution >= 0.6 is 23.2 Å². The minimum atomic E-state index is -0.529. The number of aromatic nitrogens is 2. The van der Waals surface area contributed by atoms with Crippen molar-refractivity contribution in [1.82, 2.24) is 9.78 Å². The van der Waals surface area contributed by atoms with Gasteiger partial charge < -0.3 is 5.32 Å². The van der Waals surface area contributed by atoms with Crippen LogP contribution in [0.4, 0.5) is 5.69 Å². The molecule has 1 heterocycles. The lowest BCUT2D eigenvalue weighted by Gasteiger charge is -2.07. The zero-order chi connectivity index (χ0) is 21.0. The fraction of sp³-hybridized carbons (Fsp3) is 0.136. The van der Waals surface area contributed by atoms with Gasteiger partial charge in [0, 0.05) is 16.3 Å². The zero-order valence-corrected chi connectivity index (χ0v) is 17.4. The molecule has 0 bridgehead atoms. The highest BCUT2D eigenvalue weighted by molar-refractivity contribution is 6.34. The fourth-order valence-corrected chi connectivity index (χ4v) is 3.29. The van der Waals surface area contributed by atoms with E-state index < -0.39 is 5.91 Å². The first-order valence-corrected chi connectivity index (χ1v) is 9.61. The highest BCUT2D eigenvalue weighted by Crippen LogP contribution is 2.23. The number of para-hydroxylation sites is 1. The van der Waals surface area contributed by atoms with E-state index in [1.807, 2.05) is 48.9 Å². The van der Waals surface area contributed by atoms with Crippen molar-refractivity contribution in [3.8, 4) is 6.07 Å². The average molecular weight is 425 g/mol. The first kappa shape index (κ1) is 20.7. The molecule has 146 valence electrons. The number of carbonyl (C=O) groups is 1. The lowest BCUT2D eigenvalue weighted by atomic mass is 10.1. The summed E-state index contributed by atoms with van der Waals surface area (Å²) in [6.07, 6.45) is 1.55. The van der Waals surface area contributed by atoms with E-state index in [0.717, 1.165) is 16.8 Å². The first-order chi connectivity index (χ1) is 13.9. The molecule has 1 aromatic heterocycles. The van der Waals surface area contributed by atoms with Crippen molar-refractivity contribution in [3.63, 3.8) is 0 Å². The maximum atomic E-state index is 12.6. The molecule has 0 radical (unpaired) electrons. The molecule has 1 N–H and O–H groups in total. The molecule has 0 atom stereocenters. The lowest BCUT2D eigenvalue weighted by molar-refractivity contribution is -0.112. The van der Waals surface area contributed by atoms with E-state index in [4.69, 9.17) is 23.2 Å². The molecule has 0 saturated carbocycles. The Morgan fingerprint density at radius 2 is 1.79 bits per heavy atom. The van der Waals surface area contributed by atoms with E-state index in [0.29, 0.717) is 28.0 Å². The molecule has 0 aliphatic rings. The summed E-state index contributed by atoms with van der Waals surface area (Å²) in [7, 11) is 0. The number of nitrogens with zero attached hydrogens (tertiary/aromatic N) is 3. The molecule has 5 nitrogen and oxygen atoms in total. The number of halogens is 2. The lowest BCUT2D eigenvalue weighted by Crippen LogP contribution is -2.13. The van der Waals surface area contributed by atoms with Gasteiger partial charge in [0.1, 0.15) is 11.6 Å². The Bertz CT molecular complexity index is 1140. The fourth-order valence-electron chi connectivity index (χ4n) is 2.91. The summed E-state index contributed by atoms with van der Waals surface area (Å²) >= 11 is 12.3. The summed E-state index contributed by atoms with van der Waals surface area (Å²) in [6.45, 7) is 4.22. The Morgan fingerprint density at radius 3 is 2.45 bits per heavy atom. The van der Waals surface area contributed by atoms with Crippen LogP contribution in [0.2, 0.25) is 10.0 Å². The van der Waals surface area contributed by atoms with Gasteiger partial charge in [-0.2, -0.15) is 10.4 Å². The molecular weight excluding hydrogens is 407 g/mol. The SMILES string of the molecule is Cc1nn(Cc2ccccc2Cl)c(C)c1/C=C(\C#N)C(=O)Nc1ccccc1Cl. The topological polar surface area (TPSA) is 70.7 Å². The number of benzene rings is 2. The summed E-state index contributed by atoms with van der Waals surface area (Å²) in [4.78, 5) is 12.6. The predicted molar refractivity (Wildman–Crippen MR) is 116 cm³/mol. The molecule has 29 heavy (non-hydrogen) atoms.